The Balaban J connectivity index is 4.19. The zero-order chi connectivity index (χ0) is 13.3. The largest absolute Gasteiger partial charge is 0.365 e. The molecule has 0 rings (SSSR count). The number of ether oxygens (including phenoxy) is 1. The van der Waals surface area contributed by atoms with E-state index in [1.807, 2.05) is 27.7 Å². The summed E-state index contributed by atoms with van der Waals surface area (Å²) in [7, 11) is -3.17. The van der Waals surface area contributed by atoms with Gasteiger partial charge in [0.25, 0.3) is 0 Å². The Morgan fingerprint density at radius 2 is 1.65 bits per heavy atom. The van der Waals surface area contributed by atoms with Crippen molar-refractivity contribution in [3.05, 3.63) is 12.2 Å². The van der Waals surface area contributed by atoms with Crippen molar-refractivity contribution in [2.24, 2.45) is 0 Å². The monoisotopic (exact) mass is 284 g/mol. The van der Waals surface area contributed by atoms with Crippen LogP contribution in [0.3, 0.4) is 0 Å². The van der Waals surface area contributed by atoms with E-state index in [9.17, 15) is 4.57 Å². The highest BCUT2D eigenvalue weighted by atomic mass is 35.5. The first-order valence-corrected chi connectivity index (χ1v) is 7.90. The second-order valence-corrected chi connectivity index (χ2v) is 6.26. The van der Waals surface area contributed by atoms with Crippen LogP contribution in [0, 0.1) is 0 Å². The fourth-order valence-corrected chi connectivity index (χ4v) is 3.00. The van der Waals surface area contributed by atoms with Gasteiger partial charge in [0, 0.05) is 5.88 Å². The number of alkyl halides is 1. The average molecular weight is 285 g/mol. The first-order chi connectivity index (χ1) is 7.89. The molecule has 0 bridgehead atoms. The predicted octanol–water partition coefficient (Wildman–Crippen LogP) is 3.80. The SMILES string of the molecule is CC(C)OP(=O)(COCC=CCCl)OC(C)C. The number of rotatable bonds is 9. The van der Waals surface area contributed by atoms with Crippen molar-refractivity contribution in [2.75, 3.05) is 18.8 Å². The van der Waals surface area contributed by atoms with E-state index in [0.717, 1.165) is 0 Å². The summed E-state index contributed by atoms with van der Waals surface area (Å²) in [6, 6.07) is 0. The molecule has 0 spiro atoms. The van der Waals surface area contributed by atoms with E-state index >= 15 is 0 Å². The third-order valence-corrected chi connectivity index (χ3v) is 3.62. The summed E-state index contributed by atoms with van der Waals surface area (Å²) < 4.78 is 28.1. The Kier molecular flexibility index (Phi) is 9.20. The van der Waals surface area contributed by atoms with Crippen LogP contribution in [0.2, 0.25) is 0 Å². The molecule has 102 valence electrons. The van der Waals surface area contributed by atoms with Gasteiger partial charge < -0.3 is 13.8 Å². The lowest BCUT2D eigenvalue weighted by Gasteiger charge is -2.22. The zero-order valence-corrected chi connectivity index (χ0v) is 12.5. The van der Waals surface area contributed by atoms with Gasteiger partial charge in [0.05, 0.1) is 18.8 Å². The minimum Gasteiger partial charge on any atom is -0.365 e. The molecule has 17 heavy (non-hydrogen) atoms. The molecule has 0 amide bonds. The third-order valence-electron chi connectivity index (χ3n) is 1.46. The molecule has 4 nitrogen and oxygen atoms in total. The highest BCUT2D eigenvalue weighted by Gasteiger charge is 2.27. The lowest BCUT2D eigenvalue weighted by atomic mass is 10.5. The molecule has 0 N–H and O–H groups in total. The Morgan fingerprint density at radius 1 is 1.12 bits per heavy atom. The second-order valence-electron chi connectivity index (χ2n) is 4.04. The molecular weight excluding hydrogens is 263 g/mol. The molecular formula is C11H22ClO4P. The summed E-state index contributed by atoms with van der Waals surface area (Å²) >= 11 is 5.46. The van der Waals surface area contributed by atoms with Crippen LogP contribution in [0.1, 0.15) is 27.7 Å². The van der Waals surface area contributed by atoms with Crippen LogP contribution in [0.4, 0.5) is 0 Å². The summed E-state index contributed by atoms with van der Waals surface area (Å²) in [5, 5.41) is 0. The van der Waals surface area contributed by atoms with Crippen molar-refractivity contribution in [1.82, 2.24) is 0 Å². The molecule has 0 heterocycles. The molecule has 0 radical (unpaired) electrons. The van der Waals surface area contributed by atoms with E-state index in [1.54, 1.807) is 12.2 Å². The summed E-state index contributed by atoms with van der Waals surface area (Å²) in [5.74, 6) is 0.437. The maximum atomic E-state index is 12.2. The van der Waals surface area contributed by atoms with Gasteiger partial charge in [-0.1, -0.05) is 12.2 Å². The first kappa shape index (κ1) is 17.1. The topological polar surface area (TPSA) is 44.8 Å². The van der Waals surface area contributed by atoms with Gasteiger partial charge in [0.2, 0.25) is 0 Å². The van der Waals surface area contributed by atoms with E-state index in [1.165, 1.54) is 0 Å². The summed E-state index contributed by atoms with van der Waals surface area (Å²) in [4.78, 5) is 0. The van der Waals surface area contributed by atoms with Crippen LogP contribution in [0.5, 0.6) is 0 Å². The van der Waals surface area contributed by atoms with Crippen molar-refractivity contribution < 1.29 is 18.3 Å². The Morgan fingerprint density at radius 3 is 2.06 bits per heavy atom. The Hall–Kier alpha value is 0.140. The lowest BCUT2D eigenvalue weighted by Crippen LogP contribution is -2.11. The zero-order valence-electron chi connectivity index (χ0n) is 10.9. The molecule has 0 saturated carbocycles. The normalized spacial score (nSPS) is 13.1. The van der Waals surface area contributed by atoms with Crippen LogP contribution in [-0.2, 0) is 18.3 Å². The highest BCUT2D eigenvalue weighted by Crippen LogP contribution is 2.50. The number of halogens is 1. The lowest BCUT2D eigenvalue weighted by molar-refractivity contribution is 0.107. The maximum absolute atomic E-state index is 12.2. The predicted molar refractivity (Wildman–Crippen MR) is 70.7 cm³/mol. The fourth-order valence-electron chi connectivity index (χ4n) is 1.09. The van der Waals surface area contributed by atoms with Crippen molar-refractivity contribution in [1.29, 1.82) is 0 Å². The maximum Gasteiger partial charge on any atom is 0.356 e. The molecule has 0 aromatic rings. The van der Waals surface area contributed by atoms with E-state index in [-0.39, 0.29) is 18.6 Å². The van der Waals surface area contributed by atoms with Crippen LogP contribution in [0.15, 0.2) is 12.2 Å². The molecule has 0 aliphatic carbocycles. The first-order valence-electron chi connectivity index (χ1n) is 5.64. The standard InChI is InChI=1S/C11H22ClO4P/c1-10(2)15-17(13,16-11(3)4)9-14-8-6-5-7-12/h5-6,10-11H,7-9H2,1-4H3. The molecule has 0 atom stereocenters. The van der Waals surface area contributed by atoms with Gasteiger partial charge in [-0.3, -0.25) is 4.57 Å². The second kappa shape index (κ2) is 9.12. The summed E-state index contributed by atoms with van der Waals surface area (Å²) in [6.07, 6.45) is 3.15. The minimum absolute atomic E-state index is 0.0456. The minimum atomic E-state index is -3.17. The van der Waals surface area contributed by atoms with Gasteiger partial charge in [-0.2, -0.15) is 0 Å². The van der Waals surface area contributed by atoms with Gasteiger partial charge >= 0.3 is 7.60 Å². The molecule has 0 aliphatic heterocycles. The summed E-state index contributed by atoms with van der Waals surface area (Å²) in [6.45, 7) is 7.58. The average Bonchev–Trinajstić information content (AvgIpc) is 2.14. The van der Waals surface area contributed by atoms with Crippen LogP contribution in [-0.4, -0.2) is 31.0 Å². The quantitative estimate of drug-likeness (QED) is 0.280. The Bertz CT molecular complexity index is 252. The summed E-state index contributed by atoms with van der Waals surface area (Å²) in [5.41, 5.74) is 0. The van der Waals surface area contributed by atoms with E-state index in [4.69, 9.17) is 25.4 Å². The van der Waals surface area contributed by atoms with Crippen LogP contribution in [0.25, 0.3) is 0 Å². The van der Waals surface area contributed by atoms with E-state index in [0.29, 0.717) is 12.5 Å². The van der Waals surface area contributed by atoms with E-state index in [2.05, 4.69) is 0 Å². The van der Waals surface area contributed by atoms with Crippen molar-refractivity contribution in [2.45, 2.75) is 39.9 Å². The van der Waals surface area contributed by atoms with Gasteiger partial charge in [0.15, 0.2) is 0 Å². The molecule has 0 aliphatic rings. The van der Waals surface area contributed by atoms with Crippen molar-refractivity contribution in [3.8, 4) is 0 Å². The molecule has 0 saturated heterocycles. The van der Waals surface area contributed by atoms with Gasteiger partial charge in [-0.05, 0) is 27.7 Å². The van der Waals surface area contributed by atoms with Crippen molar-refractivity contribution >= 4 is 19.2 Å². The molecule has 0 fully saturated rings. The van der Waals surface area contributed by atoms with Crippen LogP contribution >= 0.6 is 19.2 Å². The van der Waals surface area contributed by atoms with Gasteiger partial charge in [-0.25, -0.2) is 0 Å². The molecule has 6 heteroatoms. The van der Waals surface area contributed by atoms with Crippen LogP contribution < -0.4 is 0 Å². The number of hydrogen-bond acceptors (Lipinski definition) is 4. The smallest absolute Gasteiger partial charge is 0.356 e. The fraction of sp³-hybridized carbons (Fsp3) is 0.818. The Labute approximate surface area is 109 Å². The van der Waals surface area contributed by atoms with Gasteiger partial charge in [0.1, 0.15) is 6.35 Å². The number of hydrogen-bond donors (Lipinski definition) is 0. The van der Waals surface area contributed by atoms with E-state index < -0.39 is 7.60 Å². The molecule has 0 aromatic carbocycles. The highest BCUT2D eigenvalue weighted by molar-refractivity contribution is 7.53. The number of allylic oxidation sites excluding steroid dienone is 1. The third kappa shape index (κ3) is 9.81. The molecule has 0 aromatic heterocycles. The van der Waals surface area contributed by atoms with Gasteiger partial charge in [-0.15, -0.1) is 11.6 Å². The van der Waals surface area contributed by atoms with Crippen molar-refractivity contribution in [3.63, 3.8) is 0 Å². The molecule has 0 unspecified atom stereocenters.